The van der Waals surface area contributed by atoms with Crippen LogP contribution in [0.5, 0.6) is 0 Å². The predicted molar refractivity (Wildman–Crippen MR) is 91.8 cm³/mol. The van der Waals surface area contributed by atoms with E-state index in [9.17, 15) is 4.79 Å². The number of rotatable bonds is 5. The summed E-state index contributed by atoms with van der Waals surface area (Å²) < 4.78 is 0. The fourth-order valence-corrected chi connectivity index (χ4v) is 4.23. The summed E-state index contributed by atoms with van der Waals surface area (Å²) in [5.41, 5.74) is 0.813. The van der Waals surface area contributed by atoms with Gasteiger partial charge in [0.25, 0.3) is 5.91 Å². The highest BCUT2D eigenvalue weighted by Gasteiger charge is 2.17. The molecule has 5 nitrogen and oxygen atoms in total. The summed E-state index contributed by atoms with van der Waals surface area (Å²) in [5.74, 6) is -0.00654. The quantitative estimate of drug-likeness (QED) is 0.874. The van der Waals surface area contributed by atoms with Gasteiger partial charge in [-0.1, -0.05) is 6.07 Å². The molecule has 118 valence electrons. The Hall–Kier alpha value is -1.28. The van der Waals surface area contributed by atoms with E-state index >= 15 is 0 Å². The number of aromatic nitrogens is 1. The molecule has 1 saturated heterocycles. The highest BCUT2D eigenvalue weighted by Crippen LogP contribution is 2.30. The van der Waals surface area contributed by atoms with Gasteiger partial charge in [0.1, 0.15) is 9.88 Å². The fourth-order valence-electron chi connectivity index (χ4n) is 2.46. The van der Waals surface area contributed by atoms with Gasteiger partial charge in [-0.2, -0.15) is 0 Å². The van der Waals surface area contributed by atoms with E-state index in [1.54, 1.807) is 11.3 Å². The topological polar surface area (TPSA) is 57.3 Å². The van der Waals surface area contributed by atoms with Gasteiger partial charge in [-0.25, -0.2) is 4.98 Å². The van der Waals surface area contributed by atoms with E-state index < -0.39 is 0 Å². The number of thiazole rings is 1. The van der Waals surface area contributed by atoms with Crippen molar-refractivity contribution in [3.8, 4) is 9.88 Å². The minimum atomic E-state index is -0.00654. The Bertz CT molecular complexity index is 618. The Morgan fingerprint density at radius 2 is 2.27 bits per heavy atom. The molecule has 0 bridgehead atoms. The lowest BCUT2D eigenvalue weighted by molar-refractivity contribution is 0.0950. The van der Waals surface area contributed by atoms with Crippen LogP contribution in [0.1, 0.15) is 15.4 Å². The number of amides is 1. The molecule has 3 rings (SSSR count). The number of nitrogens with one attached hydrogen (secondary N) is 2. The first-order chi connectivity index (χ1) is 10.7. The summed E-state index contributed by atoms with van der Waals surface area (Å²) in [5, 5.41) is 9.30. The predicted octanol–water partition coefficient (Wildman–Crippen LogP) is 1.82. The van der Waals surface area contributed by atoms with Gasteiger partial charge in [-0.05, 0) is 18.4 Å². The van der Waals surface area contributed by atoms with Crippen LogP contribution in [-0.4, -0.2) is 55.1 Å². The maximum Gasteiger partial charge on any atom is 0.263 e. The van der Waals surface area contributed by atoms with E-state index in [2.05, 4.69) is 20.5 Å². The highest BCUT2D eigenvalue weighted by molar-refractivity contribution is 7.22. The average Bonchev–Trinajstić information content (AvgIpc) is 3.17. The Morgan fingerprint density at radius 1 is 1.45 bits per heavy atom. The van der Waals surface area contributed by atoms with E-state index in [4.69, 9.17) is 0 Å². The SMILES string of the molecule is Cc1nc(-c2cccs2)sc1C(=O)NCCN1CCNCC1. The number of piperazine rings is 1. The number of aryl methyl sites for hydroxylation is 1. The molecule has 2 aromatic rings. The largest absolute Gasteiger partial charge is 0.350 e. The molecular formula is C15H20N4OS2. The van der Waals surface area contributed by atoms with E-state index in [-0.39, 0.29) is 5.91 Å². The molecule has 0 aromatic carbocycles. The molecule has 0 aliphatic carbocycles. The zero-order valence-electron chi connectivity index (χ0n) is 12.6. The maximum atomic E-state index is 12.3. The van der Waals surface area contributed by atoms with Crippen LogP contribution in [-0.2, 0) is 0 Å². The van der Waals surface area contributed by atoms with Gasteiger partial charge in [-0.15, -0.1) is 22.7 Å². The molecule has 0 atom stereocenters. The third-order valence-electron chi connectivity index (χ3n) is 3.66. The van der Waals surface area contributed by atoms with Crippen LogP contribution in [0.4, 0.5) is 0 Å². The second-order valence-corrected chi connectivity index (χ2v) is 7.21. The van der Waals surface area contributed by atoms with Crippen molar-refractivity contribution >= 4 is 28.6 Å². The fraction of sp³-hybridized carbons (Fsp3) is 0.467. The molecule has 0 unspecified atom stereocenters. The van der Waals surface area contributed by atoms with Crippen LogP contribution in [0.3, 0.4) is 0 Å². The van der Waals surface area contributed by atoms with E-state index in [0.717, 1.165) is 53.2 Å². The molecular weight excluding hydrogens is 316 g/mol. The van der Waals surface area contributed by atoms with E-state index in [1.165, 1.54) is 11.3 Å². The Morgan fingerprint density at radius 3 is 3.00 bits per heavy atom. The number of carbonyl (C=O) groups excluding carboxylic acids is 1. The number of hydrogen-bond acceptors (Lipinski definition) is 6. The summed E-state index contributed by atoms with van der Waals surface area (Å²) in [6.45, 7) is 7.67. The van der Waals surface area contributed by atoms with Gasteiger partial charge in [0.15, 0.2) is 0 Å². The Balaban J connectivity index is 1.55. The maximum absolute atomic E-state index is 12.3. The normalized spacial score (nSPS) is 15.9. The molecule has 2 aromatic heterocycles. The van der Waals surface area contributed by atoms with Crippen molar-refractivity contribution in [2.45, 2.75) is 6.92 Å². The molecule has 1 aliphatic heterocycles. The van der Waals surface area contributed by atoms with Crippen molar-refractivity contribution in [3.05, 3.63) is 28.1 Å². The number of carbonyl (C=O) groups is 1. The van der Waals surface area contributed by atoms with Crippen LogP contribution < -0.4 is 10.6 Å². The molecule has 22 heavy (non-hydrogen) atoms. The van der Waals surface area contributed by atoms with Crippen molar-refractivity contribution < 1.29 is 4.79 Å². The summed E-state index contributed by atoms with van der Waals surface area (Å²) in [6.07, 6.45) is 0. The number of thiophene rings is 1. The van der Waals surface area contributed by atoms with Crippen molar-refractivity contribution in [2.24, 2.45) is 0 Å². The lowest BCUT2D eigenvalue weighted by Gasteiger charge is -2.27. The van der Waals surface area contributed by atoms with Gasteiger partial charge in [-0.3, -0.25) is 9.69 Å². The average molecular weight is 336 g/mol. The molecule has 2 N–H and O–H groups in total. The van der Waals surface area contributed by atoms with Crippen molar-refractivity contribution in [1.82, 2.24) is 20.5 Å². The molecule has 7 heteroatoms. The second-order valence-electron chi connectivity index (χ2n) is 5.26. The third kappa shape index (κ3) is 3.73. The monoisotopic (exact) mass is 336 g/mol. The van der Waals surface area contributed by atoms with Gasteiger partial charge in [0, 0.05) is 39.3 Å². The van der Waals surface area contributed by atoms with Crippen LogP contribution in [0.2, 0.25) is 0 Å². The summed E-state index contributed by atoms with van der Waals surface area (Å²) in [4.78, 5) is 21.1. The summed E-state index contributed by atoms with van der Waals surface area (Å²) in [6, 6.07) is 4.04. The number of hydrogen-bond donors (Lipinski definition) is 2. The minimum absolute atomic E-state index is 0.00654. The van der Waals surface area contributed by atoms with Crippen LogP contribution in [0, 0.1) is 6.92 Å². The van der Waals surface area contributed by atoms with E-state index in [0.29, 0.717) is 6.54 Å². The van der Waals surface area contributed by atoms with Crippen molar-refractivity contribution in [1.29, 1.82) is 0 Å². The zero-order valence-corrected chi connectivity index (χ0v) is 14.2. The lowest BCUT2D eigenvalue weighted by Crippen LogP contribution is -2.46. The number of nitrogens with zero attached hydrogens (tertiary/aromatic N) is 2. The van der Waals surface area contributed by atoms with Gasteiger partial charge >= 0.3 is 0 Å². The van der Waals surface area contributed by atoms with Crippen molar-refractivity contribution in [3.63, 3.8) is 0 Å². The van der Waals surface area contributed by atoms with Crippen LogP contribution in [0.15, 0.2) is 17.5 Å². The highest BCUT2D eigenvalue weighted by atomic mass is 32.1. The molecule has 0 radical (unpaired) electrons. The molecule has 0 spiro atoms. The van der Waals surface area contributed by atoms with Gasteiger partial charge in [0.2, 0.25) is 0 Å². The minimum Gasteiger partial charge on any atom is -0.350 e. The smallest absolute Gasteiger partial charge is 0.263 e. The first-order valence-electron chi connectivity index (χ1n) is 7.46. The molecule has 1 aliphatic rings. The lowest BCUT2D eigenvalue weighted by atomic mass is 10.3. The molecule has 1 amide bonds. The van der Waals surface area contributed by atoms with Crippen LogP contribution >= 0.6 is 22.7 Å². The molecule has 0 saturated carbocycles. The third-order valence-corrected chi connectivity index (χ3v) is 5.85. The van der Waals surface area contributed by atoms with Gasteiger partial charge in [0.05, 0.1) is 10.6 Å². The Labute approximate surface area is 138 Å². The van der Waals surface area contributed by atoms with Crippen LogP contribution in [0.25, 0.3) is 9.88 Å². The Kier molecular flexibility index (Phi) is 5.20. The summed E-state index contributed by atoms with van der Waals surface area (Å²) >= 11 is 3.13. The molecule has 1 fully saturated rings. The van der Waals surface area contributed by atoms with Gasteiger partial charge < -0.3 is 10.6 Å². The van der Waals surface area contributed by atoms with E-state index in [1.807, 2.05) is 24.4 Å². The molecule has 3 heterocycles. The first kappa shape index (κ1) is 15.6. The zero-order chi connectivity index (χ0) is 15.4. The standard InChI is InChI=1S/C15H20N4OS2/c1-11-13(22-15(18-11)12-3-2-10-21-12)14(20)17-6-9-19-7-4-16-5-8-19/h2-3,10,16H,4-9H2,1H3,(H,17,20). The summed E-state index contributed by atoms with van der Waals surface area (Å²) in [7, 11) is 0. The second kappa shape index (κ2) is 7.32. The first-order valence-corrected chi connectivity index (χ1v) is 9.16. The van der Waals surface area contributed by atoms with Crippen molar-refractivity contribution in [2.75, 3.05) is 39.3 Å².